The van der Waals surface area contributed by atoms with E-state index < -0.39 is 15.4 Å². The topological polar surface area (TPSA) is 72.5 Å². The van der Waals surface area contributed by atoms with Gasteiger partial charge in [-0.15, -0.1) is 0 Å². The molecule has 0 bridgehead atoms. The van der Waals surface area contributed by atoms with E-state index in [1.54, 1.807) is 38.2 Å². The summed E-state index contributed by atoms with van der Waals surface area (Å²) in [6.07, 6.45) is 0.492. The number of sulfone groups is 1. The normalized spacial score (nSPS) is 23.9. The molecule has 2 rings (SSSR count). The van der Waals surface area contributed by atoms with E-state index in [4.69, 9.17) is 4.74 Å². The summed E-state index contributed by atoms with van der Waals surface area (Å²) in [5.74, 6) is -0.291. The van der Waals surface area contributed by atoms with Crippen molar-refractivity contribution in [3.63, 3.8) is 0 Å². The second kappa shape index (κ2) is 5.54. The SMILES string of the molecule is CCOC(=O)CC1(NC)CCS(=O)(=O)c2ccccc21. The molecule has 6 heteroatoms. The quantitative estimate of drug-likeness (QED) is 0.846. The summed E-state index contributed by atoms with van der Waals surface area (Å²) in [6.45, 7) is 2.07. The average molecular weight is 297 g/mol. The third-order valence-corrected chi connectivity index (χ3v) is 5.53. The Labute approximate surface area is 119 Å². The minimum Gasteiger partial charge on any atom is -0.466 e. The number of rotatable bonds is 4. The highest BCUT2D eigenvalue weighted by atomic mass is 32.2. The van der Waals surface area contributed by atoms with Crippen LogP contribution >= 0.6 is 0 Å². The van der Waals surface area contributed by atoms with Crippen molar-refractivity contribution in [1.82, 2.24) is 5.32 Å². The number of esters is 1. The van der Waals surface area contributed by atoms with Crippen LogP contribution in [0.2, 0.25) is 0 Å². The van der Waals surface area contributed by atoms with Crippen molar-refractivity contribution in [2.24, 2.45) is 0 Å². The van der Waals surface area contributed by atoms with Gasteiger partial charge in [0.15, 0.2) is 9.84 Å². The van der Waals surface area contributed by atoms with Gasteiger partial charge in [-0.2, -0.15) is 0 Å². The van der Waals surface area contributed by atoms with E-state index >= 15 is 0 Å². The standard InChI is InChI=1S/C14H19NO4S/c1-3-19-13(16)10-14(15-2)8-9-20(17,18)12-7-5-4-6-11(12)14/h4-7,15H,3,8-10H2,1-2H3. The molecule has 0 saturated heterocycles. The molecule has 0 fully saturated rings. The highest BCUT2D eigenvalue weighted by Gasteiger charge is 2.42. The predicted octanol–water partition coefficient (Wildman–Crippen LogP) is 1.23. The van der Waals surface area contributed by atoms with Gasteiger partial charge in [0, 0.05) is 0 Å². The number of carbonyl (C=O) groups excluding carboxylic acids is 1. The van der Waals surface area contributed by atoms with Crippen molar-refractivity contribution in [1.29, 1.82) is 0 Å². The molecule has 1 unspecified atom stereocenters. The van der Waals surface area contributed by atoms with Crippen molar-refractivity contribution in [3.05, 3.63) is 29.8 Å². The first kappa shape index (κ1) is 15.0. The lowest BCUT2D eigenvalue weighted by atomic mass is 9.83. The summed E-state index contributed by atoms with van der Waals surface area (Å²) < 4.78 is 29.3. The zero-order chi connectivity index (χ0) is 14.8. The molecule has 5 nitrogen and oxygen atoms in total. The predicted molar refractivity (Wildman–Crippen MR) is 75.1 cm³/mol. The summed E-state index contributed by atoms with van der Waals surface area (Å²) in [5, 5.41) is 3.14. The summed E-state index contributed by atoms with van der Waals surface area (Å²) >= 11 is 0. The van der Waals surface area contributed by atoms with Crippen LogP contribution in [0.4, 0.5) is 0 Å². The summed E-state index contributed by atoms with van der Waals surface area (Å²) in [7, 11) is -1.52. The first-order valence-electron chi connectivity index (χ1n) is 6.62. The number of benzene rings is 1. The largest absolute Gasteiger partial charge is 0.466 e. The lowest BCUT2D eigenvalue weighted by Crippen LogP contribution is -2.47. The molecule has 0 aromatic heterocycles. The van der Waals surface area contributed by atoms with Gasteiger partial charge in [-0.3, -0.25) is 4.79 Å². The van der Waals surface area contributed by atoms with Crippen LogP contribution in [0, 0.1) is 0 Å². The van der Waals surface area contributed by atoms with E-state index in [-0.39, 0.29) is 18.1 Å². The Morgan fingerprint density at radius 3 is 2.75 bits per heavy atom. The molecule has 1 aliphatic rings. The number of nitrogens with one attached hydrogen (secondary N) is 1. The lowest BCUT2D eigenvalue weighted by molar-refractivity contribution is -0.145. The van der Waals surface area contributed by atoms with Gasteiger partial charge >= 0.3 is 5.97 Å². The molecular weight excluding hydrogens is 278 g/mol. The second-order valence-electron chi connectivity index (χ2n) is 4.88. The van der Waals surface area contributed by atoms with Crippen molar-refractivity contribution in [2.75, 3.05) is 19.4 Å². The van der Waals surface area contributed by atoms with E-state index in [0.29, 0.717) is 23.5 Å². The molecule has 20 heavy (non-hydrogen) atoms. The van der Waals surface area contributed by atoms with Crippen LogP contribution in [0.3, 0.4) is 0 Å². The molecule has 0 radical (unpaired) electrons. The Morgan fingerprint density at radius 1 is 1.40 bits per heavy atom. The maximum atomic E-state index is 12.1. The molecule has 0 spiro atoms. The maximum absolute atomic E-state index is 12.1. The fourth-order valence-electron chi connectivity index (χ4n) is 2.68. The van der Waals surface area contributed by atoms with Crippen molar-refractivity contribution in [2.45, 2.75) is 30.2 Å². The fraction of sp³-hybridized carbons (Fsp3) is 0.500. The Morgan fingerprint density at radius 2 is 2.10 bits per heavy atom. The van der Waals surface area contributed by atoms with Gasteiger partial charge in [0.05, 0.1) is 29.2 Å². The van der Waals surface area contributed by atoms with Crippen molar-refractivity contribution >= 4 is 15.8 Å². The molecule has 1 aromatic carbocycles. The van der Waals surface area contributed by atoms with Crippen LogP contribution in [0.25, 0.3) is 0 Å². The van der Waals surface area contributed by atoms with Crippen LogP contribution in [0.5, 0.6) is 0 Å². The smallest absolute Gasteiger partial charge is 0.308 e. The first-order chi connectivity index (χ1) is 9.45. The van der Waals surface area contributed by atoms with Crippen LogP contribution in [0.1, 0.15) is 25.3 Å². The molecule has 1 aromatic rings. The zero-order valence-electron chi connectivity index (χ0n) is 11.7. The highest BCUT2D eigenvalue weighted by Crippen LogP contribution is 2.39. The van der Waals surface area contributed by atoms with Crippen LogP contribution < -0.4 is 5.32 Å². The fourth-order valence-corrected chi connectivity index (χ4v) is 4.40. The Hall–Kier alpha value is -1.40. The lowest BCUT2D eigenvalue weighted by Gasteiger charge is -2.38. The third-order valence-electron chi connectivity index (χ3n) is 3.77. The molecule has 1 heterocycles. The summed E-state index contributed by atoms with van der Waals surface area (Å²) in [5.41, 5.74) is -0.0180. The van der Waals surface area contributed by atoms with Gasteiger partial charge < -0.3 is 10.1 Å². The monoisotopic (exact) mass is 297 g/mol. The van der Waals surface area contributed by atoms with E-state index in [0.717, 1.165) is 0 Å². The maximum Gasteiger partial charge on any atom is 0.308 e. The molecule has 0 saturated carbocycles. The third kappa shape index (κ3) is 2.58. The van der Waals surface area contributed by atoms with E-state index in [2.05, 4.69) is 5.32 Å². The molecule has 1 atom stereocenters. The van der Waals surface area contributed by atoms with Gasteiger partial charge in [-0.25, -0.2) is 8.42 Å². The first-order valence-corrected chi connectivity index (χ1v) is 8.27. The molecule has 0 aliphatic carbocycles. The number of hydrogen-bond donors (Lipinski definition) is 1. The van der Waals surface area contributed by atoms with Crippen molar-refractivity contribution in [3.8, 4) is 0 Å². The van der Waals surface area contributed by atoms with E-state index in [9.17, 15) is 13.2 Å². The van der Waals surface area contributed by atoms with Gasteiger partial charge in [0.2, 0.25) is 0 Å². The van der Waals surface area contributed by atoms with Crippen molar-refractivity contribution < 1.29 is 17.9 Å². The molecule has 1 aliphatic heterocycles. The second-order valence-corrected chi connectivity index (χ2v) is 6.96. The van der Waals surface area contributed by atoms with Crippen LogP contribution in [-0.4, -0.2) is 33.8 Å². The van der Waals surface area contributed by atoms with Crippen LogP contribution in [0.15, 0.2) is 29.2 Å². The number of ether oxygens (including phenoxy) is 1. The van der Waals surface area contributed by atoms with Gasteiger partial charge in [0.25, 0.3) is 0 Å². The Bertz CT molecular complexity index is 611. The highest BCUT2D eigenvalue weighted by molar-refractivity contribution is 7.91. The molecular formula is C14H19NO4S. The number of hydrogen-bond acceptors (Lipinski definition) is 5. The number of fused-ring (bicyclic) bond motifs is 1. The number of carbonyl (C=O) groups is 1. The van der Waals surface area contributed by atoms with Crippen LogP contribution in [-0.2, 0) is 24.9 Å². The molecule has 0 amide bonds. The van der Waals surface area contributed by atoms with Gasteiger partial charge in [-0.1, -0.05) is 18.2 Å². The Kier molecular flexibility index (Phi) is 4.15. The molecule has 110 valence electrons. The van der Waals surface area contributed by atoms with Gasteiger partial charge in [-0.05, 0) is 32.0 Å². The minimum atomic E-state index is -3.26. The molecule has 1 N–H and O–H groups in total. The Balaban J connectivity index is 2.48. The van der Waals surface area contributed by atoms with E-state index in [1.165, 1.54) is 0 Å². The van der Waals surface area contributed by atoms with Gasteiger partial charge in [0.1, 0.15) is 0 Å². The zero-order valence-corrected chi connectivity index (χ0v) is 12.5. The summed E-state index contributed by atoms with van der Waals surface area (Å²) in [6, 6.07) is 6.85. The average Bonchev–Trinajstić information content (AvgIpc) is 2.43. The summed E-state index contributed by atoms with van der Waals surface area (Å²) in [4.78, 5) is 12.1. The van der Waals surface area contributed by atoms with E-state index in [1.807, 2.05) is 0 Å². The minimum absolute atomic E-state index is 0.0320.